The Hall–Kier alpha value is -1.43. The predicted octanol–water partition coefficient (Wildman–Crippen LogP) is 0.734. The zero-order valence-electron chi connectivity index (χ0n) is 10.9. The van der Waals surface area contributed by atoms with E-state index >= 15 is 0 Å². The Morgan fingerprint density at radius 1 is 1.32 bits per heavy atom. The Labute approximate surface area is 113 Å². The number of nitrogens with one attached hydrogen (secondary N) is 1. The molecule has 1 unspecified atom stereocenters. The molecule has 0 aromatic heterocycles. The molecule has 1 aromatic carbocycles. The molecule has 2 N–H and O–H groups in total. The summed E-state index contributed by atoms with van der Waals surface area (Å²) >= 11 is 0. The summed E-state index contributed by atoms with van der Waals surface area (Å²) in [6.45, 7) is 5.17. The lowest BCUT2D eigenvalue weighted by Gasteiger charge is -2.27. The van der Waals surface area contributed by atoms with E-state index in [-0.39, 0.29) is 0 Å². The predicted molar refractivity (Wildman–Crippen MR) is 72.1 cm³/mol. The minimum atomic E-state index is -0.938. The summed E-state index contributed by atoms with van der Waals surface area (Å²) < 4.78 is 5.53. The van der Waals surface area contributed by atoms with Gasteiger partial charge in [-0.1, -0.05) is 30.3 Å². The quantitative estimate of drug-likeness (QED) is 0.793. The molecule has 0 saturated carbocycles. The van der Waals surface area contributed by atoms with Crippen LogP contribution in [0.25, 0.3) is 0 Å². The van der Waals surface area contributed by atoms with Crippen LogP contribution in [0.5, 0.6) is 0 Å². The molecule has 0 amide bonds. The van der Waals surface area contributed by atoms with Crippen molar-refractivity contribution in [2.24, 2.45) is 0 Å². The number of carbonyl (C=O) groups is 1. The zero-order chi connectivity index (χ0) is 13.5. The number of nitrogens with zero attached hydrogens (tertiary/aromatic N) is 1. The Morgan fingerprint density at radius 3 is 2.63 bits per heavy atom. The highest BCUT2D eigenvalue weighted by Crippen LogP contribution is 2.17. The summed E-state index contributed by atoms with van der Waals surface area (Å²) in [7, 11) is 0. The molecule has 5 nitrogen and oxygen atoms in total. The summed E-state index contributed by atoms with van der Waals surface area (Å²) in [5, 5.41) is 12.5. The molecule has 104 valence electrons. The molecule has 5 heteroatoms. The van der Waals surface area contributed by atoms with Gasteiger partial charge >= 0.3 is 5.97 Å². The first-order valence-corrected chi connectivity index (χ1v) is 6.60. The second-order valence-corrected chi connectivity index (χ2v) is 4.59. The van der Waals surface area contributed by atoms with Gasteiger partial charge in [-0.3, -0.25) is 4.90 Å². The molecule has 0 radical (unpaired) electrons. The summed E-state index contributed by atoms with van der Waals surface area (Å²) in [4.78, 5) is 13.5. The van der Waals surface area contributed by atoms with Crippen LogP contribution in [0.3, 0.4) is 0 Å². The first-order chi connectivity index (χ1) is 9.27. The van der Waals surface area contributed by atoms with Gasteiger partial charge in [0.05, 0.1) is 6.61 Å². The molecular weight excluding hydrogens is 244 g/mol. The van der Waals surface area contributed by atoms with Gasteiger partial charge in [-0.05, 0) is 5.56 Å². The largest absolute Gasteiger partial charge is 0.479 e. The van der Waals surface area contributed by atoms with E-state index in [0.29, 0.717) is 12.2 Å². The number of piperazine rings is 1. The van der Waals surface area contributed by atoms with E-state index in [1.165, 1.54) is 0 Å². The minimum absolute atomic E-state index is 0.436. The van der Waals surface area contributed by atoms with Crippen LogP contribution in [0.15, 0.2) is 30.3 Å². The Kier molecular flexibility index (Phi) is 5.32. The standard InChI is InChI=1S/C14H20N2O3/c17-14(18)13(12-4-2-1-3-5-12)19-11-10-16-8-6-15-7-9-16/h1-5,13,15H,6-11H2,(H,17,18). The SMILES string of the molecule is O=C(O)C(OCCN1CCNCC1)c1ccccc1. The van der Waals surface area contributed by atoms with Crippen LogP contribution in [0.1, 0.15) is 11.7 Å². The van der Waals surface area contributed by atoms with E-state index in [1.54, 1.807) is 12.1 Å². The number of aliphatic carboxylic acids is 1. The van der Waals surface area contributed by atoms with Gasteiger partial charge in [-0.2, -0.15) is 0 Å². The van der Waals surface area contributed by atoms with E-state index in [2.05, 4.69) is 10.2 Å². The van der Waals surface area contributed by atoms with Gasteiger partial charge in [0, 0.05) is 32.7 Å². The molecule has 0 bridgehead atoms. The van der Waals surface area contributed by atoms with E-state index < -0.39 is 12.1 Å². The van der Waals surface area contributed by atoms with Crippen molar-refractivity contribution >= 4 is 5.97 Å². The van der Waals surface area contributed by atoms with Gasteiger partial charge in [0.2, 0.25) is 0 Å². The lowest BCUT2D eigenvalue weighted by Crippen LogP contribution is -2.44. The average molecular weight is 264 g/mol. The number of benzene rings is 1. The topological polar surface area (TPSA) is 61.8 Å². The van der Waals surface area contributed by atoms with E-state index in [0.717, 1.165) is 32.7 Å². The number of hydrogen-bond donors (Lipinski definition) is 2. The van der Waals surface area contributed by atoms with Gasteiger partial charge in [0.1, 0.15) is 0 Å². The maximum Gasteiger partial charge on any atom is 0.337 e. The van der Waals surface area contributed by atoms with Crippen molar-refractivity contribution in [2.75, 3.05) is 39.3 Å². The Morgan fingerprint density at radius 2 is 2.00 bits per heavy atom. The second-order valence-electron chi connectivity index (χ2n) is 4.59. The van der Waals surface area contributed by atoms with Crippen LogP contribution in [-0.2, 0) is 9.53 Å². The molecule has 1 aromatic rings. The number of carboxylic acid groups (broad SMARTS) is 1. The third-order valence-electron chi connectivity index (χ3n) is 3.23. The van der Waals surface area contributed by atoms with Crippen molar-refractivity contribution in [1.29, 1.82) is 0 Å². The molecule has 1 heterocycles. The van der Waals surface area contributed by atoms with E-state index in [1.807, 2.05) is 18.2 Å². The highest BCUT2D eigenvalue weighted by molar-refractivity contribution is 5.74. The smallest absolute Gasteiger partial charge is 0.337 e. The summed E-state index contributed by atoms with van der Waals surface area (Å²) in [5.74, 6) is -0.938. The minimum Gasteiger partial charge on any atom is -0.479 e. The highest BCUT2D eigenvalue weighted by Gasteiger charge is 2.20. The van der Waals surface area contributed by atoms with Crippen molar-refractivity contribution in [3.05, 3.63) is 35.9 Å². The van der Waals surface area contributed by atoms with Crippen molar-refractivity contribution in [1.82, 2.24) is 10.2 Å². The van der Waals surface area contributed by atoms with Crippen LogP contribution in [0.4, 0.5) is 0 Å². The third kappa shape index (κ3) is 4.31. The summed E-state index contributed by atoms with van der Waals surface area (Å²) in [5.41, 5.74) is 0.690. The second kappa shape index (κ2) is 7.23. The van der Waals surface area contributed by atoms with Crippen LogP contribution >= 0.6 is 0 Å². The third-order valence-corrected chi connectivity index (χ3v) is 3.23. The van der Waals surface area contributed by atoms with Crippen LogP contribution in [0.2, 0.25) is 0 Å². The monoisotopic (exact) mass is 264 g/mol. The van der Waals surface area contributed by atoms with Crippen molar-refractivity contribution in [3.8, 4) is 0 Å². The lowest BCUT2D eigenvalue weighted by atomic mass is 10.1. The number of ether oxygens (including phenoxy) is 1. The van der Waals surface area contributed by atoms with Gasteiger partial charge in [-0.25, -0.2) is 4.79 Å². The van der Waals surface area contributed by atoms with Crippen molar-refractivity contribution in [2.45, 2.75) is 6.10 Å². The number of carboxylic acids is 1. The molecule has 1 aliphatic heterocycles. The Balaban J connectivity index is 1.82. The molecular formula is C14H20N2O3. The Bertz CT molecular complexity index is 391. The fourth-order valence-electron chi connectivity index (χ4n) is 2.17. The van der Waals surface area contributed by atoms with Crippen LogP contribution in [0, 0.1) is 0 Å². The number of hydrogen-bond acceptors (Lipinski definition) is 4. The fourth-order valence-corrected chi connectivity index (χ4v) is 2.17. The molecule has 1 aliphatic rings. The van der Waals surface area contributed by atoms with Crippen molar-refractivity contribution < 1.29 is 14.6 Å². The van der Waals surface area contributed by atoms with Gasteiger partial charge in [0.15, 0.2) is 6.10 Å². The molecule has 1 atom stereocenters. The van der Waals surface area contributed by atoms with Crippen LogP contribution in [-0.4, -0.2) is 55.3 Å². The molecule has 1 saturated heterocycles. The molecule has 19 heavy (non-hydrogen) atoms. The average Bonchev–Trinajstić information content (AvgIpc) is 2.45. The van der Waals surface area contributed by atoms with Gasteiger partial charge in [0.25, 0.3) is 0 Å². The maximum atomic E-state index is 11.2. The molecule has 2 rings (SSSR count). The fraction of sp³-hybridized carbons (Fsp3) is 0.500. The first kappa shape index (κ1) is 14.0. The molecule has 1 fully saturated rings. The molecule has 0 aliphatic carbocycles. The van der Waals surface area contributed by atoms with Gasteiger partial charge in [-0.15, -0.1) is 0 Å². The molecule has 0 spiro atoms. The normalized spacial score (nSPS) is 18.1. The van der Waals surface area contributed by atoms with Crippen molar-refractivity contribution in [3.63, 3.8) is 0 Å². The summed E-state index contributed by atoms with van der Waals surface area (Å²) in [6, 6.07) is 9.08. The van der Waals surface area contributed by atoms with Gasteiger partial charge < -0.3 is 15.2 Å². The summed E-state index contributed by atoms with van der Waals surface area (Å²) in [6.07, 6.45) is -0.871. The van der Waals surface area contributed by atoms with E-state index in [9.17, 15) is 9.90 Å². The first-order valence-electron chi connectivity index (χ1n) is 6.60. The number of rotatable bonds is 6. The van der Waals surface area contributed by atoms with E-state index in [4.69, 9.17) is 4.74 Å². The van der Waals surface area contributed by atoms with Crippen LogP contribution < -0.4 is 5.32 Å². The lowest BCUT2D eigenvalue weighted by molar-refractivity contribution is -0.151. The maximum absolute atomic E-state index is 11.2. The highest BCUT2D eigenvalue weighted by atomic mass is 16.5. The zero-order valence-corrected chi connectivity index (χ0v) is 10.9.